The summed E-state index contributed by atoms with van der Waals surface area (Å²) in [7, 11) is 3.89. The average molecular weight is 238 g/mol. The van der Waals surface area contributed by atoms with Gasteiger partial charge < -0.3 is 10.0 Å². The molecule has 1 aliphatic rings. The number of likely N-dealkylation sites (N-methyl/N-ethyl adjacent to an activating group) is 1. The molecule has 17 heavy (non-hydrogen) atoms. The maximum absolute atomic E-state index is 11.0. The lowest BCUT2D eigenvalue weighted by Crippen LogP contribution is -2.44. The zero-order valence-electron chi connectivity index (χ0n) is 10.3. The zero-order chi connectivity index (χ0) is 12.4. The summed E-state index contributed by atoms with van der Waals surface area (Å²) in [6, 6.07) is 0. The zero-order valence-corrected chi connectivity index (χ0v) is 10.3. The Bertz CT molecular complexity index is 408. The fraction of sp³-hybridized carbons (Fsp3) is 0.636. The van der Waals surface area contributed by atoms with Crippen LogP contribution in [-0.2, 0) is 13.6 Å². The van der Waals surface area contributed by atoms with Crippen LogP contribution in [0.2, 0.25) is 0 Å². The summed E-state index contributed by atoms with van der Waals surface area (Å²) in [5, 5.41) is 13.1. The van der Waals surface area contributed by atoms with Crippen LogP contribution in [-0.4, -0.2) is 63.9 Å². The van der Waals surface area contributed by atoms with E-state index in [2.05, 4.69) is 21.9 Å². The fourth-order valence-corrected chi connectivity index (χ4v) is 2.05. The number of piperazine rings is 1. The highest BCUT2D eigenvalue weighted by Crippen LogP contribution is 2.12. The van der Waals surface area contributed by atoms with E-state index < -0.39 is 5.97 Å². The van der Waals surface area contributed by atoms with Gasteiger partial charge in [-0.2, -0.15) is 5.10 Å². The van der Waals surface area contributed by atoms with E-state index in [1.54, 1.807) is 11.7 Å². The number of aromatic nitrogens is 2. The van der Waals surface area contributed by atoms with Crippen molar-refractivity contribution in [3.05, 3.63) is 17.5 Å². The van der Waals surface area contributed by atoms with E-state index in [0.717, 1.165) is 31.9 Å². The topological polar surface area (TPSA) is 61.6 Å². The lowest BCUT2D eigenvalue weighted by atomic mass is 10.2. The summed E-state index contributed by atoms with van der Waals surface area (Å²) in [6.45, 7) is 4.66. The van der Waals surface area contributed by atoms with E-state index in [1.807, 2.05) is 0 Å². The SMILES string of the molecule is CN1CCN(Cc2c(C(=O)O)cnn2C)CC1. The largest absolute Gasteiger partial charge is 0.478 e. The van der Waals surface area contributed by atoms with Crippen LogP contribution in [0.15, 0.2) is 6.20 Å². The molecule has 0 aromatic carbocycles. The monoisotopic (exact) mass is 238 g/mol. The highest BCUT2D eigenvalue weighted by Gasteiger charge is 2.20. The molecule has 0 amide bonds. The van der Waals surface area contributed by atoms with Crippen molar-refractivity contribution in [3.8, 4) is 0 Å². The lowest BCUT2D eigenvalue weighted by molar-refractivity contribution is 0.0693. The van der Waals surface area contributed by atoms with Gasteiger partial charge in [0.1, 0.15) is 5.56 Å². The van der Waals surface area contributed by atoms with E-state index in [0.29, 0.717) is 12.1 Å². The van der Waals surface area contributed by atoms with Crippen LogP contribution in [0.4, 0.5) is 0 Å². The van der Waals surface area contributed by atoms with Gasteiger partial charge in [0.15, 0.2) is 0 Å². The van der Waals surface area contributed by atoms with Crippen LogP contribution >= 0.6 is 0 Å². The molecule has 1 aromatic heterocycles. The minimum atomic E-state index is -0.901. The highest BCUT2D eigenvalue weighted by atomic mass is 16.4. The van der Waals surface area contributed by atoms with Crippen molar-refractivity contribution in [2.75, 3.05) is 33.2 Å². The van der Waals surface area contributed by atoms with Gasteiger partial charge in [0.2, 0.25) is 0 Å². The first-order valence-corrected chi connectivity index (χ1v) is 5.73. The number of aromatic carboxylic acids is 1. The minimum absolute atomic E-state index is 0.312. The molecule has 94 valence electrons. The Kier molecular flexibility index (Phi) is 3.44. The highest BCUT2D eigenvalue weighted by molar-refractivity contribution is 5.88. The Balaban J connectivity index is 2.08. The summed E-state index contributed by atoms with van der Waals surface area (Å²) in [5.74, 6) is -0.901. The first-order valence-electron chi connectivity index (χ1n) is 5.73. The fourth-order valence-electron chi connectivity index (χ4n) is 2.05. The van der Waals surface area contributed by atoms with Crippen molar-refractivity contribution in [2.24, 2.45) is 7.05 Å². The van der Waals surface area contributed by atoms with Gasteiger partial charge in [-0.25, -0.2) is 4.79 Å². The molecule has 6 nitrogen and oxygen atoms in total. The second-order valence-electron chi connectivity index (χ2n) is 4.51. The van der Waals surface area contributed by atoms with Crippen molar-refractivity contribution in [2.45, 2.75) is 6.54 Å². The summed E-state index contributed by atoms with van der Waals surface area (Å²) >= 11 is 0. The van der Waals surface area contributed by atoms with Gasteiger partial charge in [0, 0.05) is 39.8 Å². The number of hydrogen-bond donors (Lipinski definition) is 1. The van der Waals surface area contributed by atoms with Crippen molar-refractivity contribution >= 4 is 5.97 Å². The predicted octanol–water partition coefficient (Wildman–Crippen LogP) is -0.134. The maximum Gasteiger partial charge on any atom is 0.339 e. The third kappa shape index (κ3) is 2.65. The Morgan fingerprint density at radius 2 is 2.00 bits per heavy atom. The van der Waals surface area contributed by atoms with E-state index >= 15 is 0 Å². The molecule has 2 heterocycles. The van der Waals surface area contributed by atoms with Crippen LogP contribution < -0.4 is 0 Å². The summed E-state index contributed by atoms with van der Waals surface area (Å²) < 4.78 is 1.65. The molecule has 0 aliphatic carbocycles. The molecule has 1 aliphatic heterocycles. The molecule has 0 radical (unpaired) electrons. The average Bonchev–Trinajstić information content (AvgIpc) is 2.64. The minimum Gasteiger partial charge on any atom is -0.478 e. The maximum atomic E-state index is 11.0. The molecule has 1 N–H and O–H groups in total. The lowest BCUT2D eigenvalue weighted by Gasteiger charge is -2.32. The van der Waals surface area contributed by atoms with E-state index in [9.17, 15) is 4.79 Å². The van der Waals surface area contributed by atoms with Crippen LogP contribution in [0.25, 0.3) is 0 Å². The van der Waals surface area contributed by atoms with Crippen molar-refractivity contribution < 1.29 is 9.90 Å². The number of aryl methyl sites for hydroxylation is 1. The molecule has 6 heteroatoms. The summed E-state index contributed by atoms with van der Waals surface area (Å²) in [6.07, 6.45) is 1.42. The molecule has 0 saturated carbocycles. The number of carbonyl (C=O) groups is 1. The summed E-state index contributed by atoms with van der Waals surface area (Å²) in [4.78, 5) is 15.6. The van der Waals surface area contributed by atoms with Crippen molar-refractivity contribution in [3.63, 3.8) is 0 Å². The van der Waals surface area contributed by atoms with Crippen LogP contribution in [0.3, 0.4) is 0 Å². The van der Waals surface area contributed by atoms with E-state index in [4.69, 9.17) is 5.11 Å². The third-order valence-electron chi connectivity index (χ3n) is 3.26. The van der Waals surface area contributed by atoms with Gasteiger partial charge in [-0.3, -0.25) is 9.58 Å². The Hall–Kier alpha value is -1.40. The van der Waals surface area contributed by atoms with Crippen LogP contribution in [0.5, 0.6) is 0 Å². The van der Waals surface area contributed by atoms with Crippen LogP contribution in [0, 0.1) is 0 Å². The Labute approximate surface area is 100 Å². The first kappa shape index (κ1) is 12.1. The molecule has 1 aromatic rings. The van der Waals surface area contributed by atoms with Crippen molar-refractivity contribution in [1.82, 2.24) is 19.6 Å². The quantitative estimate of drug-likeness (QED) is 0.794. The van der Waals surface area contributed by atoms with E-state index in [-0.39, 0.29) is 0 Å². The number of carboxylic acids is 1. The van der Waals surface area contributed by atoms with Gasteiger partial charge in [0.25, 0.3) is 0 Å². The second-order valence-corrected chi connectivity index (χ2v) is 4.51. The number of carboxylic acid groups (broad SMARTS) is 1. The summed E-state index contributed by atoms with van der Waals surface area (Å²) in [5.41, 5.74) is 1.09. The Morgan fingerprint density at radius 3 is 2.59 bits per heavy atom. The molecule has 0 spiro atoms. The Morgan fingerprint density at radius 1 is 1.35 bits per heavy atom. The van der Waals surface area contributed by atoms with Gasteiger partial charge in [0.05, 0.1) is 11.9 Å². The van der Waals surface area contributed by atoms with Crippen molar-refractivity contribution in [1.29, 1.82) is 0 Å². The predicted molar refractivity (Wildman–Crippen MR) is 62.9 cm³/mol. The molecule has 1 fully saturated rings. The van der Waals surface area contributed by atoms with Crippen LogP contribution in [0.1, 0.15) is 16.1 Å². The number of nitrogens with zero attached hydrogens (tertiary/aromatic N) is 4. The molecule has 0 unspecified atom stereocenters. The van der Waals surface area contributed by atoms with Gasteiger partial charge >= 0.3 is 5.97 Å². The molecular formula is C11H18N4O2. The molecule has 2 rings (SSSR count). The van der Waals surface area contributed by atoms with Gasteiger partial charge in [-0.15, -0.1) is 0 Å². The van der Waals surface area contributed by atoms with E-state index in [1.165, 1.54) is 6.20 Å². The molecule has 0 atom stereocenters. The standard InChI is InChI=1S/C11H18N4O2/c1-13-3-5-15(6-4-13)8-10-9(11(16)17)7-12-14(10)2/h7H,3-6,8H2,1-2H3,(H,16,17). The smallest absolute Gasteiger partial charge is 0.339 e. The second kappa shape index (κ2) is 4.85. The number of rotatable bonds is 3. The molecule has 1 saturated heterocycles. The van der Waals surface area contributed by atoms with Gasteiger partial charge in [-0.05, 0) is 7.05 Å². The molecular weight excluding hydrogens is 220 g/mol. The van der Waals surface area contributed by atoms with Gasteiger partial charge in [-0.1, -0.05) is 0 Å². The first-order chi connectivity index (χ1) is 8.08. The third-order valence-corrected chi connectivity index (χ3v) is 3.26. The number of hydrogen-bond acceptors (Lipinski definition) is 4. The molecule has 0 bridgehead atoms. The normalized spacial score (nSPS) is 18.5.